The summed E-state index contributed by atoms with van der Waals surface area (Å²) >= 11 is 5.88. The molecule has 0 saturated heterocycles. The van der Waals surface area contributed by atoms with Gasteiger partial charge in [-0.25, -0.2) is 4.39 Å². The largest absolute Gasteiger partial charge is 0.385 e. The van der Waals surface area contributed by atoms with Gasteiger partial charge in [-0.3, -0.25) is 9.78 Å². The van der Waals surface area contributed by atoms with Crippen molar-refractivity contribution in [3.8, 4) is 0 Å². The number of benzene rings is 1. The molecule has 2 N–H and O–H groups in total. The topological polar surface area (TPSA) is 54.0 Å². The molecule has 0 aliphatic rings. The maximum atomic E-state index is 13.0. The maximum Gasteiger partial charge on any atom is 0.259 e. The van der Waals surface area contributed by atoms with Crippen LogP contribution < -0.4 is 10.6 Å². The molecule has 1 aromatic carbocycles. The average molecular weight is 294 g/mol. The standard InChI is InChI=1S/C14H13ClFN3O/c1-2-18-12-5-6-17-8-10(12)14(20)19-13-4-3-9(16)7-11(13)15/h3-8H,2H2,1H3,(H,17,18)(H,19,20). The Morgan fingerprint density at radius 1 is 1.35 bits per heavy atom. The van der Waals surface area contributed by atoms with Crippen LogP contribution >= 0.6 is 11.6 Å². The van der Waals surface area contributed by atoms with E-state index >= 15 is 0 Å². The van der Waals surface area contributed by atoms with E-state index < -0.39 is 5.82 Å². The van der Waals surface area contributed by atoms with Crippen molar-refractivity contribution in [2.75, 3.05) is 17.2 Å². The predicted molar refractivity (Wildman–Crippen MR) is 77.8 cm³/mol. The van der Waals surface area contributed by atoms with Gasteiger partial charge in [-0.2, -0.15) is 0 Å². The molecule has 1 amide bonds. The van der Waals surface area contributed by atoms with Gasteiger partial charge in [-0.1, -0.05) is 11.6 Å². The number of halogens is 2. The lowest BCUT2D eigenvalue weighted by molar-refractivity contribution is 0.102. The molecule has 20 heavy (non-hydrogen) atoms. The van der Waals surface area contributed by atoms with Gasteiger partial charge in [0.2, 0.25) is 0 Å². The van der Waals surface area contributed by atoms with Crippen LogP contribution in [0.3, 0.4) is 0 Å². The first-order valence-corrected chi connectivity index (χ1v) is 6.44. The lowest BCUT2D eigenvalue weighted by Gasteiger charge is -2.11. The molecule has 1 heterocycles. The van der Waals surface area contributed by atoms with Gasteiger partial charge in [0, 0.05) is 18.9 Å². The van der Waals surface area contributed by atoms with E-state index in [0.717, 1.165) is 6.07 Å². The van der Waals surface area contributed by atoms with Crippen LogP contribution in [0.15, 0.2) is 36.7 Å². The highest BCUT2D eigenvalue weighted by molar-refractivity contribution is 6.34. The summed E-state index contributed by atoms with van der Waals surface area (Å²) in [5.41, 5.74) is 1.43. The summed E-state index contributed by atoms with van der Waals surface area (Å²) in [4.78, 5) is 16.1. The highest BCUT2D eigenvalue weighted by Gasteiger charge is 2.13. The lowest BCUT2D eigenvalue weighted by atomic mass is 10.2. The van der Waals surface area contributed by atoms with Crippen LogP contribution in [-0.2, 0) is 0 Å². The molecule has 0 radical (unpaired) electrons. The highest BCUT2D eigenvalue weighted by Crippen LogP contribution is 2.24. The van der Waals surface area contributed by atoms with Crippen molar-refractivity contribution in [1.82, 2.24) is 4.98 Å². The van der Waals surface area contributed by atoms with Crippen molar-refractivity contribution in [2.24, 2.45) is 0 Å². The molecule has 0 aliphatic carbocycles. The molecular weight excluding hydrogens is 281 g/mol. The number of amides is 1. The van der Waals surface area contributed by atoms with E-state index in [-0.39, 0.29) is 10.9 Å². The first kappa shape index (κ1) is 14.3. The van der Waals surface area contributed by atoms with E-state index in [1.807, 2.05) is 6.92 Å². The molecule has 4 nitrogen and oxygen atoms in total. The van der Waals surface area contributed by atoms with Crippen LogP contribution in [0.25, 0.3) is 0 Å². The Morgan fingerprint density at radius 2 is 2.15 bits per heavy atom. The number of carbonyl (C=O) groups is 1. The summed E-state index contributed by atoms with van der Waals surface area (Å²) in [6.07, 6.45) is 3.06. The molecule has 0 bridgehead atoms. The molecule has 0 fully saturated rings. The third-order valence-electron chi connectivity index (χ3n) is 2.61. The van der Waals surface area contributed by atoms with Gasteiger partial charge < -0.3 is 10.6 Å². The van der Waals surface area contributed by atoms with E-state index in [4.69, 9.17) is 11.6 Å². The van der Waals surface area contributed by atoms with Crippen LogP contribution in [-0.4, -0.2) is 17.4 Å². The fourth-order valence-corrected chi connectivity index (χ4v) is 1.91. The number of anilines is 2. The summed E-state index contributed by atoms with van der Waals surface area (Å²) in [5.74, 6) is -0.815. The zero-order chi connectivity index (χ0) is 14.5. The number of carbonyl (C=O) groups excluding carboxylic acids is 1. The van der Waals surface area contributed by atoms with E-state index in [1.54, 1.807) is 12.3 Å². The van der Waals surface area contributed by atoms with Crippen molar-refractivity contribution >= 4 is 28.9 Å². The molecule has 0 saturated carbocycles. The van der Waals surface area contributed by atoms with Crippen molar-refractivity contribution < 1.29 is 9.18 Å². The maximum absolute atomic E-state index is 13.0. The Hall–Kier alpha value is -2.14. The predicted octanol–water partition coefficient (Wildman–Crippen LogP) is 3.56. The lowest BCUT2D eigenvalue weighted by Crippen LogP contribution is -2.15. The number of nitrogens with zero attached hydrogens (tertiary/aromatic N) is 1. The Balaban J connectivity index is 2.24. The average Bonchev–Trinajstić information content (AvgIpc) is 2.43. The second-order valence-corrected chi connectivity index (χ2v) is 4.44. The Bertz CT molecular complexity index is 634. The minimum absolute atomic E-state index is 0.146. The number of nitrogens with one attached hydrogen (secondary N) is 2. The first-order chi connectivity index (χ1) is 9.61. The Morgan fingerprint density at radius 3 is 2.85 bits per heavy atom. The fourth-order valence-electron chi connectivity index (χ4n) is 1.70. The van der Waals surface area contributed by atoms with Crippen LogP contribution in [0.2, 0.25) is 5.02 Å². The van der Waals surface area contributed by atoms with Gasteiger partial charge in [-0.05, 0) is 31.2 Å². The normalized spacial score (nSPS) is 10.2. The highest BCUT2D eigenvalue weighted by atomic mass is 35.5. The third-order valence-corrected chi connectivity index (χ3v) is 2.92. The van der Waals surface area contributed by atoms with Crippen LogP contribution in [0.1, 0.15) is 17.3 Å². The fraction of sp³-hybridized carbons (Fsp3) is 0.143. The van der Waals surface area contributed by atoms with E-state index in [2.05, 4.69) is 15.6 Å². The zero-order valence-electron chi connectivity index (χ0n) is 10.8. The van der Waals surface area contributed by atoms with E-state index in [9.17, 15) is 9.18 Å². The van der Waals surface area contributed by atoms with Crippen molar-refractivity contribution in [1.29, 1.82) is 0 Å². The molecule has 0 unspecified atom stereocenters. The SMILES string of the molecule is CCNc1ccncc1C(=O)Nc1ccc(F)cc1Cl. The van der Waals surface area contributed by atoms with E-state index in [0.29, 0.717) is 23.5 Å². The molecular formula is C14H13ClFN3O. The number of pyridine rings is 1. The summed E-state index contributed by atoms with van der Waals surface area (Å²) in [6, 6.07) is 5.51. The number of hydrogen-bond donors (Lipinski definition) is 2. The second kappa shape index (κ2) is 6.34. The quantitative estimate of drug-likeness (QED) is 0.906. The number of hydrogen-bond acceptors (Lipinski definition) is 3. The van der Waals surface area contributed by atoms with Crippen LogP contribution in [0.5, 0.6) is 0 Å². The smallest absolute Gasteiger partial charge is 0.259 e. The second-order valence-electron chi connectivity index (χ2n) is 4.03. The van der Waals surface area contributed by atoms with Crippen LogP contribution in [0.4, 0.5) is 15.8 Å². The summed E-state index contributed by atoms with van der Waals surface area (Å²) in [6.45, 7) is 2.61. The molecule has 6 heteroatoms. The van der Waals surface area contributed by atoms with Crippen molar-refractivity contribution in [2.45, 2.75) is 6.92 Å². The first-order valence-electron chi connectivity index (χ1n) is 6.06. The third kappa shape index (κ3) is 3.24. The summed E-state index contributed by atoms with van der Waals surface area (Å²) < 4.78 is 13.0. The molecule has 0 spiro atoms. The Labute approximate surface area is 121 Å². The van der Waals surface area contributed by atoms with E-state index in [1.165, 1.54) is 18.3 Å². The van der Waals surface area contributed by atoms with Crippen molar-refractivity contribution in [3.63, 3.8) is 0 Å². The Kier molecular flexibility index (Phi) is 4.53. The van der Waals surface area contributed by atoms with Gasteiger partial charge in [-0.15, -0.1) is 0 Å². The minimum atomic E-state index is -0.456. The molecule has 104 valence electrons. The molecule has 2 rings (SSSR count). The number of aromatic nitrogens is 1. The van der Waals surface area contributed by atoms with Crippen molar-refractivity contribution in [3.05, 3.63) is 53.1 Å². The van der Waals surface area contributed by atoms with Gasteiger partial charge in [0.05, 0.1) is 22.0 Å². The molecule has 0 aliphatic heterocycles. The molecule has 2 aromatic rings. The minimum Gasteiger partial charge on any atom is -0.385 e. The van der Waals surface area contributed by atoms with Gasteiger partial charge in [0.15, 0.2) is 0 Å². The summed E-state index contributed by atoms with van der Waals surface area (Å²) in [5, 5.41) is 5.85. The van der Waals surface area contributed by atoms with Crippen LogP contribution in [0, 0.1) is 5.82 Å². The summed E-state index contributed by atoms with van der Waals surface area (Å²) in [7, 11) is 0. The van der Waals surface area contributed by atoms with Gasteiger partial charge >= 0.3 is 0 Å². The number of rotatable bonds is 4. The van der Waals surface area contributed by atoms with Gasteiger partial charge in [0.25, 0.3) is 5.91 Å². The molecule has 0 atom stereocenters. The van der Waals surface area contributed by atoms with Gasteiger partial charge in [0.1, 0.15) is 5.82 Å². The zero-order valence-corrected chi connectivity index (χ0v) is 11.5. The monoisotopic (exact) mass is 293 g/mol. The molecule has 1 aromatic heterocycles.